The molecule has 0 fully saturated rings. The molecule has 0 atom stereocenters. The summed E-state index contributed by atoms with van der Waals surface area (Å²) in [5, 5.41) is 1.11. The molecule has 3 rings (SSSR count). The van der Waals surface area contributed by atoms with Gasteiger partial charge in [-0.1, -0.05) is 42.8 Å². The molecule has 0 unspecified atom stereocenters. The summed E-state index contributed by atoms with van der Waals surface area (Å²) < 4.78 is 0. The standard InChI is InChI=1S/C17H15Cl2N3.CH4/c1-22-10-9-20-16(13-3-2-8-21-17(13)22)7-5-12-4-6-14(18)15(19)11-12;/h2-8,11H,9-10H2,1H3;1H4/b7-5+;. The molecule has 23 heavy (non-hydrogen) atoms. The Morgan fingerprint density at radius 1 is 1.13 bits per heavy atom. The van der Waals surface area contributed by atoms with Crippen molar-refractivity contribution in [3.05, 3.63) is 63.8 Å². The van der Waals surface area contributed by atoms with E-state index in [0.29, 0.717) is 10.0 Å². The Morgan fingerprint density at radius 2 is 1.96 bits per heavy atom. The molecule has 0 bridgehead atoms. The van der Waals surface area contributed by atoms with Crippen molar-refractivity contribution in [2.75, 3.05) is 25.0 Å². The average Bonchev–Trinajstić information content (AvgIpc) is 2.68. The Hall–Kier alpha value is -1.84. The van der Waals surface area contributed by atoms with Crippen molar-refractivity contribution < 1.29 is 0 Å². The zero-order valence-corrected chi connectivity index (χ0v) is 13.6. The molecule has 0 aliphatic carbocycles. The maximum atomic E-state index is 6.05. The molecular weight excluding hydrogens is 329 g/mol. The van der Waals surface area contributed by atoms with Crippen LogP contribution in [0.4, 0.5) is 5.82 Å². The predicted molar refractivity (Wildman–Crippen MR) is 101 cm³/mol. The third-order valence-corrected chi connectivity index (χ3v) is 4.26. The number of fused-ring (bicyclic) bond motifs is 1. The zero-order chi connectivity index (χ0) is 15.5. The largest absolute Gasteiger partial charge is 0.357 e. The number of aromatic nitrogens is 1. The minimum atomic E-state index is 0. The smallest absolute Gasteiger partial charge is 0.137 e. The highest BCUT2D eigenvalue weighted by Gasteiger charge is 2.15. The van der Waals surface area contributed by atoms with Crippen molar-refractivity contribution in [1.29, 1.82) is 0 Å². The molecule has 0 amide bonds. The molecule has 0 N–H and O–H groups in total. The van der Waals surface area contributed by atoms with Gasteiger partial charge in [-0.2, -0.15) is 0 Å². The summed E-state index contributed by atoms with van der Waals surface area (Å²) in [6.07, 6.45) is 5.79. The zero-order valence-electron chi connectivity index (χ0n) is 12.1. The van der Waals surface area contributed by atoms with Gasteiger partial charge in [0.15, 0.2) is 0 Å². The first kappa shape index (κ1) is 17.5. The summed E-state index contributed by atoms with van der Waals surface area (Å²) in [5.41, 5.74) is 2.96. The Labute approximate surface area is 147 Å². The topological polar surface area (TPSA) is 28.5 Å². The summed E-state index contributed by atoms with van der Waals surface area (Å²) in [4.78, 5) is 11.2. The third-order valence-electron chi connectivity index (χ3n) is 3.52. The van der Waals surface area contributed by atoms with E-state index in [0.717, 1.165) is 35.7 Å². The van der Waals surface area contributed by atoms with Gasteiger partial charge in [-0.3, -0.25) is 4.99 Å². The first-order valence-electron chi connectivity index (χ1n) is 6.99. The van der Waals surface area contributed by atoms with Gasteiger partial charge in [-0.25, -0.2) is 4.98 Å². The molecule has 0 saturated carbocycles. The van der Waals surface area contributed by atoms with E-state index in [2.05, 4.69) is 14.9 Å². The summed E-state index contributed by atoms with van der Waals surface area (Å²) >= 11 is 12.0. The average molecular weight is 348 g/mol. The molecule has 0 spiro atoms. The van der Waals surface area contributed by atoms with Gasteiger partial charge >= 0.3 is 0 Å². The lowest BCUT2D eigenvalue weighted by Crippen LogP contribution is -2.21. The van der Waals surface area contributed by atoms with E-state index in [1.165, 1.54) is 0 Å². The number of anilines is 1. The second-order valence-electron chi connectivity index (χ2n) is 5.07. The molecule has 3 nitrogen and oxygen atoms in total. The van der Waals surface area contributed by atoms with E-state index >= 15 is 0 Å². The second kappa shape index (κ2) is 7.62. The van der Waals surface area contributed by atoms with Crippen LogP contribution in [-0.4, -0.2) is 30.8 Å². The van der Waals surface area contributed by atoms with Gasteiger partial charge in [0, 0.05) is 25.4 Å². The van der Waals surface area contributed by atoms with Crippen LogP contribution in [0.2, 0.25) is 10.0 Å². The summed E-state index contributed by atoms with van der Waals surface area (Å²) in [7, 11) is 2.03. The molecule has 120 valence electrons. The van der Waals surface area contributed by atoms with Crippen LogP contribution in [0.25, 0.3) is 6.08 Å². The van der Waals surface area contributed by atoms with Crippen LogP contribution < -0.4 is 4.90 Å². The Balaban J connectivity index is 0.00000192. The maximum absolute atomic E-state index is 6.05. The fourth-order valence-corrected chi connectivity index (χ4v) is 2.65. The number of hydrogen-bond donors (Lipinski definition) is 0. The molecule has 1 aromatic heterocycles. The van der Waals surface area contributed by atoms with E-state index in [9.17, 15) is 0 Å². The Bertz CT molecular complexity index is 754. The van der Waals surface area contributed by atoms with Gasteiger partial charge in [0.25, 0.3) is 0 Å². The monoisotopic (exact) mass is 347 g/mol. The van der Waals surface area contributed by atoms with E-state index < -0.39 is 0 Å². The van der Waals surface area contributed by atoms with Crippen molar-refractivity contribution in [3.63, 3.8) is 0 Å². The molecule has 1 aliphatic heterocycles. The number of allylic oxidation sites excluding steroid dienone is 1. The second-order valence-corrected chi connectivity index (χ2v) is 5.88. The lowest BCUT2D eigenvalue weighted by molar-refractivity contribution is 0.880. The molecule has 2 heterocycles. The van der Waals surface area contributed by atoms with Crippen molar-refractivity contribution in [1.82, 2.24) is 4.98 Å². The quantitative estimate of drug-likeness (QED) is 0.766. The van der Waals surface area contributed by atoms with Gasteiger partial charge in [-0.05, 0) is 35.9 Å². The first-order valence-corrected chi connectivity index (χ1v) is 7.75. The number of hydrogen-bond acceptors (Lipinski definition) is 3. The predicted octanol–water partition coefficient (Wildman–Crippen LogP) is 4.98. The normalized spacial score (nSPS) is 14.0. The fourth-order valence-electron chi connectivity index (χ4n) is 2.35. The van der Waals surface area contributed by atoms with Crippen LogP contribution >= 0.6 is 23.2 Å². The number of nitrogens with zero attached hydrogens (tertiary/aromatic N) is 3. The number of likely N-dealkylation sites (N-methyl/N-ethyl adjacent to an activating group) is 1. The van der Waals surface area contributed by atoms with Crippen LogP contribution in [0.5, 0.6) is 0 Å². The minimum absolute atomic E-state index is 0. The van der Waals surface area contributed by atoms with Gasteiger partial charge in [-0.15, -0.1) is 0 Å². The first-order chi connectivity index (χ1) is 10.6. The van der Waals surface area contributed by atoms with E-state index in [-0.39, 0.29) is 7.43 Å². The molecule has 1 aromatic carbocycles. The highest BCUT2D eigenvalue weighted by molar-refractivity contribution is 6.42. The number of aliphatic imine (C=N–C) groups is 1. The van der Waals surface area contributed by atoms with Gasteiger partial charge < -0.3 is 4.90 Å². The summed E-state index contributed by atoms with van der Waals surface area (Å²) in [6, 6.07) is 9.54. The summed E-state index contributed by atoms with van der Waals surface area (Å²) in [5.74, 6) is 0.956. The molecule has 2 aromatic rings. The number of pyridine rings is 1. The third kappa shape index (κ3) is 3.92. The van der Waals surface area contributed by atoms with E-state index in [1.807, 2.05) is 43.5 Å². The van der Waals surface area contributed by atoms with Crippen LogP contribution in [0.3, 0.4) is 0 Å². The van der Waals surface area contributed by atoms with E-state index in [1.54, 1.807) is 12.3 Å². The highest BCUT2D eigenvalue weighted by atomic mass is 35.5. The van der Waals surface area contributed by atoms with Crippen LogP contribution in [0, 0.1) is 0 Å². The Morgan fingerprint density at radius 3 is 2.74 bits per heavy atom. The van der Waals surface area contributed by atoms with Crippen LogP contribution in [0.15, 0.2) is 47.6 Å². The van der Waals surface area contributed by atoms with Gasteiger partial charge in [0.2, 0.25) is 0 Å². The van der Waals surface area contributed by atoms with Gasteiger partial charge in [0.05, 0.1) is 22.3 Å². The lowest BCUT2D eigenvalue weighted by Gasteiger charge is -2.16. The maximum Gasteiger partial charge on any atom is 0.137 e. The molecular formula is C18H19Cl2N3. The van der Waals surface area contributed by atoms with Crippen molar-refractivity contribution in [2.45, 2.75) is 7.43 Å². The molecule has 1 aliphatic rings. The SMILES string of the molecule is C.CN1CCN=C(/C=C/c2ccc(Cl)c(Cl)c2)c2cccnc21. The summed E-state index contributed by atoms with van der Waals surface area (Å²) in [6.45, 7) is 1.60. The van der Waals surface area contributed by atoms with Crippen molar-refractivity contribution >= 4 is 40.8 Å². The molecule has 0 radical (unpaired) electrons. The lowest BCUT2D eigenvalue weighted by atomic mass is 10.1. The van der Waals surface area contributed by atoms with Crippen LogP contribution in [0.1, 0.15) is 18.6 Å². The van der Waals surface area contributed by atoms with E-state index in [4.69, 9.17) is 23.2 Å². The van der Waals surface area contributed by atoms with Crippen molar-refractivity contribution in [2.24, 2.45) is 4.99 Å². The van der Waals surface area contributed by atoms with Gasteiger partial charge in [0.1, 0.15) is 5.82 Å². The van der Waals surface area contributed by atoms with Crippen LogP contribution in [-0.2, 0) is 0 Å². The molecule has 0 saturated heterocycles. The number of benzene rings is 1. The molecule has 5 heteroatoms. The number of rotatable bonds is 2. The minimum Gasteiger partial charge on any atom is -0.357 e. The Kier molecular flexibility index (Phi) is 5.80. The number of halogens is 2. The fraction of sp³-hybridized carbons (Fsp3) is 0.222. The highest BCUT2D eigenvalue weighted by Crippen LogP contribution is 2.24. The van der Waals surface area contributed by atoms with Crippen molar-refractivity contribution in [3.8, 4) is 0 Å².